The minimum absolute atomic E-state index is 0.0320. The largest absolute Gasteiger partial charge is 0.491 e. The summed E-state index contributed by atoms with van der Waals surface area (Å²) in [6, 6.07) is 2.61. The average Bonchev–Trinajstić information content (AvgIpc) is 2.40. The van der Waals surface area contributed by atoms with Crippen molar-refractivity contribution in [2.45, 2.75) is 32.1 Å². The van der Waals surface area contributed by atoms with E-state index in [1.165, 1.54) is 26.0 Å². The van der Waals surface area contributed by atoms with Crippen molar-refractivity contribution < 1.29 is 22.7 Å². The van der Waals surface area contributed by atoms with E-state index in [1.807, 2.05) is 0 Å². The molecule has 0 aliphatic carbocycles. The van der Waals surface area contributed by atoms with Crippen molar-refractivity contribution in [2.24, 2.45) is 0 Å². The first kappa shape index (κ1) is 17.7. The summed E-state index contributed by atoms with van der Waals surface area (Å²) in [6.45, 7) is 4.69. The number of rotatable bonds is 7. The number of halogens is 1. The first-order valence-electron chi connectivity index (χ1n) is 6.45. The molecular weight excluding hydrogens is 316 g/mol. The number of carbonyl (C=O) groups is 2. The smallest absolute Gasteiger partial charge is 0.181 e. The highest BCUT2D eigenvalue weighted by Gasteiger charge is 2.24. The van der Waals surface area contributed by atoms with Crippen LogP contribution in [0.4, 0.5) is 0 Å². The van der Waals surface area contributed by atoms with Crippen molar-refractivity contribution >= 4 is 33.0 Å². The second kappa shape index (κ2) is 7.04. The maximum atomic E-state index is 12.0. The average molecular weight is 333 g/mol. The Morgan fingerprint density at radius 2 is 1.86 bits per heavy atom. The van der Waals surface area contributed by atoms with Gasteiger partial charge < -0.3 is 4.74 Å². The van der Waals surface area contributed by atoms with E-state index in [9.17, 15) is 18.0 Å². The summed E-state index contributed by atoms with van der Waals surface area (Å²) in [5.74, 6) is -0.895. The van der Waals surface area contributed by atoms with Crippen molar-refractivity contribution in [3.63, 3.8) is 0 Å². The monoisotopic (exact) mass is 332 g/mol. The molecule has 0 aliphatic rings. The van der Waals surface area contributed by atoms with Crippen molar-refractivity contribution in [1.29, 1.82) is 0 Å². The van der Waals surface area contributed by atoms with Crippen molar-refractivity contribution in [2.75, 3.05) is 12.4 Å². The molecule has 0 bridgehead atoms. The topological polar surface area (TPSA) is 77.5 Å². The van der Waals surface area contributed by atoms with Gasteiger partial charge in [-0.05, 0) is 26.0 Å². The lowest BCUT2D eigenvalue weighted by Crippen LogP contribution is -2.11. The summed E-state index contributed by atoms with van der Waals surface area (Å²) in [4.78, 5) is 22.9. The molecule has 1 aromatic carbocycles. The third-order valence-corrected chi connectivity index (χ3v) is 4.90. The van der Waals surface area contributed by atoms with Crippen LogP contribution in [0.1, 0.15) is 37.6 Å². The molecule has 0 saturated carbocycles. The maximum absolute atomic E-state index is 12.0. The molecular formula is C14H17ClO5S. The number of ether oxygens (including phenoxy) is 1. The quantitative estimate of drug-likeness (QED) is 0.566. The van der Waals surface area contributed by atoms with E-state index >= 15 is 0 Å². The fourth-order valence-electron chi connectivity index (χ4n) is 1.75. The number of ketones is 2. The van der Waals surface area contributed by atoms with Gasteiger partial charge in [0.1, 0.15) is 10.7 Å². The van der Waals surface area contributed by atoms with Crippen LogP contribution in [0.15, 0.2) is 17.0 Å². The fraction of sp³-hybridized carbons (Fsp3) is 0.429. The highest BCUT2D eigenvalue weighted by Crippen LogP contribution is 2.36. The number of Topliss-reactive ketones (excluding diaryl/α,β-unsaturated/α-hetero) is 2. The van der Waals surface area contributed by atoms with E-state index in [0.29, 0.717) is 0 Å². The summed E-state index contributed by atoms with van der Waals surface area (Å²) in [5, 5.41) is -0.0716. The molecule has 1 aromatic rings. The van der Waals surface area contributed by atoms with Gasteiger partial charge in [-0.3, -0.25) is 9.59 Å². The molecule has 0 unspecified atom stereocenters. The summed E-state index contributed by atoms with van der Waals surface area (Å²) in [6.07, 6.45) is -0.287. The molecule has 0 spiro atoms. The number of hydrogen-bond acceptors (Lipinski definition) is 5. The van der Waals surface area contributed by atoms with Gasteiger partial charge in [0, 0.05) is 5.56 Å². The lowest BCUT2D eigenvalue weighted by atomic mass is 10.1. The van der Waals surface area contributed by atoms with Crippen LogP contribution in [0.3, 0.4) is 0 Å². The predicted molar refractivity (Wildman–Crippen MR) is 80.0 cm³/mol. The predicted octanol–water partition coefficient (Wildman–Crippen LogP) is 2.69. The van der Waals surface area contributed by atoms with Gasteiger partial charge in [-0.1, -0.05) is 18.5 Å². The van der Waals surface area contributed by atoms with Crippen LogP contribution in [0.2, 0.25) is 5.02 Å². The van der Waals surface area contributed by atoms with Gasteiger partial charge in [0.15, 0.2) is 21.4 Å². The molecule has 0 N–H and O–H groups in total. The Balaban J connectivity index is 3.46. The van der Waals surface area contributed by atoms with E-state index in [1.54, 1.807) is 6.92 Å². The Kier molecular flexibility index (Phi) is 5.92. The molecule has 0 atom stereocenters. The van der Waals surface area contributed by atoms with Crippen LogP contribution in [0.25, 0.3) is 0 Å². The zero-order valence-corrected chi connectivity index (χ0v) is 13.7. The van der Waals surface area contributed by atoms with E-state index in [0.717, 1.165) is 0 Å². The van der Waals surface area contributed by atoms with Gasteiger partial charge in [0.25, 0.3) is 0 Å². The van der Waals surface area contributed by atoms with Gasteiger partial charge >= 0.3 is 0 Å². The van der Waals surface area contributed by atoms with Crippen LogP contribution in [0, 0.1) is 0 Å². The van der Waals surface area contributed by atoms with Crippen LogP contribution in [-0.2, 0) is 14.6 Å². The highest BCUT2D eigenvalue weighted by molar-refractivity contribution is 7.91. The van der Waals surface area contributed by atoms with Crippen LogP contribution in [0.5, 0.6) is 5.75 Å². The molecule has 0 saturated heterocycles. The standard InChI is InChI=1S/C14H17ClO5S/c1-4-20-14-12(21(18,19)5-2)7-6-10(13(14)15)11(17)8-9(3)16/h6-7H,4-5,8H2,1-3H3. The van der Waals surface area contributed by atoms with Gasteiger partial charge in [0.2, 0.25) is 0 Å². The van der Waals surface area contributed by atoms with Gasteiger partial charge in [-0.2, -0.15) is 0 Å². The Morgan fingerprint density at radius 1 is 1.24 bits per heavy atom. The molecule has 0 heterocycles. The van der Waals surface area contributed by atoms with E-state index in [2.05, 4.69) is 0 Å². The van der Waals surface area contributed by atoms with E-state index in [4.69, 9.17) is 16.3 Å². The summed E-state index contributed by atoms with van der Waals surface area (Å²) in [5.41, 5.74) is 0.0883. The first-order valence-corrected chi connectivity index (χ1v) is 8.48. The lowest BCUT2D eigenvalue weighted by molar-refractivity contribution is -0.116. The van der Waals surface area contributed by atoms with E-state index in [-0.39, 0.29) is 45.8 Å². The van der Waals surface area contributed by atoms with Gasteiger partial charge in [-0.15, -0.1) is 0 Å². The third kappa shape index (κ3) is 4.04. The SMILES string of the molecule is CCOc1c(S(=O)(=O)CC)ccc(C(=O)CC(C)=O)c1Cl. The van der Waals surface area contributed by atoms with Gasteiger partial charge in [0.05, 0.1) is 23.8 Å². The third-order valence-electron chi connectivity index (χ3n) is 2.77. The second-order valence-electron chi connectivity index (χ2n) is 4.39. The maximum Gasteiger partial charge on any atom is 0.181 e. The Morgan fingerprint density at radius 3 is 2.33 bits per heavy atom. The Hall–Kier alpha value is -1.40. The molecule has 5 nitrogen and oxygen atoms in total. The second-order valence-corrected chi connectivity index (χ2v) is 7.02. The molecule has 0 radical (unpaired) electrons. The minimum Gasteiger partial charge on any atom is -0.491 e. The molecule has 21 heavy (non-hydrogen) atoms. The number of benzene rings is 1. The molecule has 1 rings (SSSR count). The molecule has 7 heteroatoms. The normalized spacial score (nSPS) is 11.2. The zero-order valence-electron chi connectivity index (χ0n) is 12.1. The number of carbonyl (C=O) groups excluding carboxylic acids is 2. The molecule has 116 valence electrons. The van der Waals surface area contributed by atoms with Crippen molar-refractivity contribution in [3.8, 4) is 5.75 Å². The van der Waals surface area contributed by atoms with Crippen molar-refractivity contribution in [3.05, 3.63) is 22.7 Å². The summed E-state index contributed by atoms with van der Waals surface area (Å²) in [7, 11) is -3.53. The van der Waals surface area contributed by atoms with Crippen LogP contribution < -0.4 is 4.74 Å². The number of hydrogen-bond donors (Lipinski definition) is 0. The van der Waals surface area contributed by atoms with Crippen LogP contribution in [-0.4, -0.2) is 32.3 Å². The summed E-state index contributed by atoms with van der Waals surface area (Å²) < 4.78 is 29.4. The van der Waals surface area contributed by atoms with E-state index < -0.39 is 15.6 Å². The number of sulfone groups is 1. The Bertz CT molecular complexity index is 664. The van der Waals surface area contributed by atoms with Gasteiger partial charge in [-0.25, -0.2) is 8.42 Å². The molecule has 0 amide bonds. The Labute approximate surface area is 129 Å². The molecule has 0 fully saturated rings. The minimum atomic E-state index is -3.53. The fourth-order valence-corrected chi connectivity index (χ4v) is 3.16. The molecule has 0 aromatic heterocycles. The highest BCUT2D eigenvalue weighted by atomic mass is 35.5. The summed E-state index contributed by atoms with van der Waals surface area (Å²) >= 11 is 6.11. The zero-order chi connectivity index (χ0) is 16.2. The lowest BCUT2D eigenvalue weighted by Gasteiger charge is -2.14. The molecule has 0 aliphatic heterocycles. The van der Waals surface area contributed by atoms with Crippen molar-refractivity contribution in [1.82, 2.24) is 0 Å². The van der Waals surface area contributed by atoms with Crippen LogP contribution >= 0.6 is 11.6 Å². The first-order chi connectivity index (χ1) is 9.74.